The van der Waals surface area contributed by atoms with Crippen LogP contribution in [0.15, 0.2) is 30.3 Å². The molecule has 0 radical (unpaired) electrons. The van der Waals surface area contributed by atoms with Gasteiger partial charge in [-0.25, -0.2) is 4.79 Å². The fourth-order valence-electron chi connectivity index (χ4n) is 3.40. The summed E-state index contributed by atoms with van der Waals surface area (Å²) < 4.78 is 5.39. The van der Waals surface area contributed by atoms with E-state index in [0.717, 1.165) is 5.56 Å². The van der Waals surface area contributed by atoms with Crippen LogP contribution in [0.25, 0.3) is 0 Å². The zero-order chi connectivity index (χ0) is 16.0. The number of carbonyl (C=O) groups excluding carboxylic acids is 1. The van der Waals surface area contributed by atoms with Crippen LogP contribution in [0.1, 0.15) is 58.4 Å². The van der Waals surface area contributed by atoms with Gasteiger partial charge in [-0.1, -0.05) is 70.4 Å². The normalized spacial score (nSPS) is 17.8. The molecule has 0 aromatic heterocycles. The molecule has 0 spiro atoms. The largest absolute Gasteiger partial charge is 0.445 e. The molecule has 3 nitrogen and oxygen atoms in total. The first-order chi connectivity index (χ1) is 10.5. The minimum atomic E-state index is -0.297. The summed E-state index contributed by atoms with van der Waals surface area (Å²) in [5.74, 6) is 0.568. The Labute approximate surface area is 134 Å². The third kappa shape index (κ3) is 5.04. The van der Waals surface area contributed by atoms with Crippen LogP contribution in [-0.4, -0.2) is 12.1 Å². The van der Waals surface area contributed by atoms with E-state index in [2.05, 4.69) is 26.1 Å². The second-order valence-corrected chi connectivity index (χ2v) is 7.45. The zero-order valence-electron chi connectivity index (χ0n) is 14.1. The van der Waals surface area contributed by atoms with Crippen molar-refractivity contribution in [2.24, 2.45) is 11.3 Å². The molecule has 1 fully saturated rings. The van der Waals surface area contributed by atoms with E-state index in [9.17, 15) is 4.79 Å². The summed E-state index contributed by atoms with van der Waals surface area (Å²) in [5.41, 5.74) is 1.07. The van der Waals surface area contributed by atoms with Crippen LogP contribution < -0.4 is 5.32 Å². The molecule has 0 bridgehead atoms. The lowest BCUT2D eigenvalue weighted by atomic mass is 9.73. The highest BCUT2D eigenvalue weighted by Crippen LogP contribution is 2.34. The topological polar surface area (TPSA) is 38.3 Å². The van der Waals surface area contributed by atoms with E-state index in [4.69, 9.17) is 4.74 Å². The van der Waals surface area contributed by atoms with Crippen LogP contribution >= 0.6 is 0 Å². The molecular formula is C19H29NO2. The van der Waals surface area contributed by atoms with E-state index >= 15 is 0 Å². The average molecular weight is 303 g/mol. The molecule has 1 aliphatic rings. The number of ether oxygens (including phenoxy) is 1. The SMILES string of the molecule is CC(C)(C)[C@@H](NC(=O)OCc1ccccc1)C1CCCCC1. The number of amides is 1. The first kappa shape index (κ1) is 16.9. The number of hydrogen-bond acceptors (Lipinski definition) is 2. The maximum atomic E-state index is 12.2. The molecule has 1 aromatic carbocycles. The van der Waals surface area contributed by atoms with Crippen molar-refractivity contribution >= 4 is 6.09 Å². The van der Waals surface area contributed by atoms with Gasteiger partial charge in [-0.05, 0) is 29.7 Å². The van der Waals surface area contributed by atoms with Gasteiger partial charge in [-0.15, -0.1) is 0 Å². The quantitative estimate of drug-likeness (QED) is 0.858. The first-order valence-electron chi connectivity index (χ1n) is 8.44. The highest BCUT2D eigenvalue weighted by Gasteiger charge is 2.34. The number of nitrogens with one attached hydrogen (secondary N) is 1. The van der Waals surface area contributed by atoms with Gasteiger partial charge in [-0.2, -0.15) is 0 Å². The first-order valence-corrected chi connectivity index (χ1v) is 8.44. The minimum absolute atomic E-state index is 0.0494. The monoisotopic (exact) mass is 303 g/mol. The molecule has 1 aromatic rings. The Morgan fingerprint density at radius 2 is 1.82 bits per heavy atom. The number of hydrogen-bond donors (Lipinski definition) is 1. The molecule has 1 atom stereocenters. The molecule has 0 unspecified atom stereocenters. The molecule has 0 saturated heterocycles. The second kappa shape index (κ2) is 7.66. The predicted octanol–water partition coefficient (Wildman–Crippen LogP) is 4.91. The molecule has 1 saturated carbocycles. The Morgan fingerprint density at radius 3 is 2.41 bits per heavy atom. The smallest absolute Gasteiger partial charge is 0.407 e. The van der Waals surface area contributed by atoms with E-state index in [1.807, 2.05) is 30.3 Å². The van der Waals surface area contributed by atoms with Crippen LogP contribution in [0.4, 0.5) is 4.79 Å². The van der Waals surface area contributed by atoms with Crippen LogP contribution in [0, 0.1) is 11.3 Å². The van der Waals surface area contributed by atoms with Gasteiger partial charge in [0.05, 0.1) is 0 Å². The molecule has 2 rings (SSSR count). The van der Waals surface area contributed by atoms with Crippen molar-refractivity contribution in [2.75, 3.05) is 0 Å². The highest BCUT2D eigenvalue weighted by molar-refractivity contribution is 5.67. The van der Waals surface area contributed by atoms with Crippen molar-refractivity contribution in [2.45, 2.75) is 65.5 Å². The van der Waals surface area contributed by atoms with Crippen molar-refractivity contribution < 1.29 is 9.53 Å². The van der Waals surface area contributed by atoms with E-state index in [0.29, 0.717) is 12.5 Å². The van der Waals surface area contributed by atoms with Gasteiger partial charge in [0.1, 0.15) is 6.61 Å². The molecule has 1 amide bonds. The third-order valence-corrected chi connectivity index (χ3v) is 4.54. The van der Waals surface area contributed by atoms with E-state index in [-0.39, 0.29) is 17.6 Å². The molecular weight excluding hydrogens is 274 g/mol. The van der Waals surface area contributed by atoms with Crippen molar-refractivity contribution in [3.63, 3.8) is 0 Å². The van der Waals surface area contributed by atoms with Crippen LogP contribution in [-0.2, 0) is 11.3 Å². The Bertz CT molecular complexity index is 458. The lowest BCUT2D eigenvalue weighted by Crippen LogP contribution is -2.49. The van der Waals surface area contributed by atoms with Crippen molar-refractivity contribution in [1.82, 2.24) is 5.32 Å². The molecule has 3 heteroatoms. The zero-order valence-corrected chi connectivity index (χ0v) is 14.1. The average Bonchev–Trinajstić information content (AvgIpc) is 2.51. The van der Waals surface area contributed by atoms with E-state index < -0.39 is 0 Å². The maximum Gasteiger partial charge on any atom is 0.407 e. The molecule has 22 heavy (non-hydrogen) atoms. The molecule has 1 N–H and O–H groups in total. The van der Waals surface area contributed by atoms with Gasteiger partial charge in [0, 0.05) is 6.04 Å². The summed E-state index contributed by atoms with van der Waals surface area (Å²) >= 11 is 0. The Balaban J connectivity index is 1.90. The van der Waals surface area contributed by atoms with Gasteiger partial charge < -0.3 is 10.1 Å². The van der Waals surface area contributed by atoms with E-state index in [1.54, 1.807) is 0 Å². The summed E-state index contributed by atoms with van der Waals surface area (Å²) in [6.07, 6.45) is 6.00. The minimum Gasteiger partial charge on any atom is -0.445 e. The van der Waals surface area contributed by atoms with Crippen LogP contribution in [0.5, 0.6) is 0 Å². The molecule has 122 valence electrons. The van der Waals surface area contributed by atoms with Gasteiger partial charge in [-0.3, -0.25) is 0 Å². The standard InChI is InChI=1S/C19H29NO2/c1-19(2,3)17(16-12-8-5-9-13-16)20-18(21)22-14-15-10-6-4-7-11-15/h4,6-7,10-11,16-17H,5,8-9,12-14H2,1-3H3,(H,20,21)/t17-/m0/s1. The van der Waals surface area contributed by atoms with E-state index in [1.165, 1.54) is 32.1 Å². The summed E-state index contributed by atoms with van der Waals surface area (Å²) in [4.78, 5) is 12.2. The number of alkyl carbamates (subject to hydrolysis) is 1. The number of carbonyl (C=O) groups is 1. The van der Waals surface area contributed by atoms with Gasteiger partial charge in [0.15, 0.2) is 0 Å². The Kier molecular flexibility index (Phi) is 5.87. The summed E-state index contributed by atoms with van der Waals surface area (Å²) in [5, 5.41) is 3.14. The number of rotatable bonds is 4. The van der Waals surface area contributed by atoms with Gasteiger partial charge in [0.25, 0.3) is 0 Å². The van der Waals surface area contributed by atoms with Gasteiger partial charge in [0.2, 0.25) is 0 Å². The van der Waals surface area contributed by atoms with Crippen molar-refractivity contribution in [1.29, 1.82) is 0 Å². The van der Waals surface area contributed by atoms with Crippen molar-refractivity contribution in [3.8, 4) is 0 Å². The molecule has 0 aliphatic heterocycles. The van der Waals surface area contributed by atoms with Crippen LogP contribution in [0.2, 0.25) is 0 Å². The molecule has 0 heterocycles. The molecule has 1 aliphatic carbocycles. The summed E-state index contributed by atoms with van der Waals surface area (Å²) in [7, 11) is 0. The van der Waals surface area contributed by atoms with Crippen molar-refractivity contribution in [3.05, 3.63) is 35.9 Å². The summed E-state index contributed by atoms with van der Waals surface area (Å²) in [6.45, 7) is 6.92. The second-order valence-electron chi connectivity index (χ2n) is 7.45. The third-order valence-electron chi connectivity index (χ3n) is 4.54. The summed E-state index contributed by atoms with van der Waals surface area (Å²) in [6, 6.07) is 9.98. The fourth-order valence-corrected chi connectivity index (χ4v) is 3.40. The predicted molar refractivity (Wildman–Crippen MR) is 89.6 cm³/mol. The van der Waals surface area contributed by atoms with Gasteiger partial charge >= 0.3 is 6.09 Å². The highest BCUT2D eigenvalue weighted by atomic mass is 16.5. The van der Waals surface area contributed by atoms with Crippen LogP contribution in [0.3, 0.4) is 0 Å². The fraction of sp³-hybridized carbons (Fsp3) is 0.632. The Morgan fingerprint density at radius 1 is 1.18 bits per heavy atom. The number of benzene rings is 1. The maximum absolute atomic E-state index is 12.2. The lowest BCUT2D eigenvalue weighted by Gasteiger charge is -2.39. The lowest BCUT2D eigenvalue weighted by molar-refractivity contribution is 0.106. The Hall–Kier alpha value is -1.51.